The molecule has 3 heterocycles. The molecular weight excluding hydrogens is 300 g/mol. The average Bonchev–Trinajstić information content (AvgIpc) is 2.87. The normalized spacial score (nSPS) is 18.0. The largest absolute Gasteiger partial charge is 0.341 e. The van der Waals surface area contributed by atoms with Gasteiger partial charge in [0.1, 0.15) is 6.54 Å². The Morgan fingerprint density at radius 3 is 2.75 bits per heavy atom. The number of aryl methyl sites for hydroxylation is 3. The van der Waals surface area contributed by atoms with Crippen LogP contribution in [0.4, 0.5) is 0 Å². The number of hydrogen-bond donors (Lipinski definition) is 0. The molecule has 0 aromatic carbocycles. The van der Waals surface area contributed by atoms with Gasteiger partial charge >= 0.3 is 0 Å². The molecule has 5 nitrogen and oxygen atoms in total. The molecule has 0 saturated carbocycles. The molecule has 1 saturated heterocycles. The topological polar surface area (TPSA) is 51.0 Å². The van der Waals surface area contributed by atoms with E-state index in [1.54, 1.807) is 0 Å². The number of likely N-dealkylation sites (tertiary alicyclic amines) is 1. The Morgan fingerprint density at radius 1 is 1.25 bits per heavy atom. The van der Waals surface area contributed by atoms with Crippen molar-refractivity contribution in [2.24, 2.45) is 5.92 Å². The van der Waals surface area contributed by atoms with Crippen LogP contribution in [0, 0.1) is 26.7 Å². The molecule has 1 fully saturated rings. The van der Waals surface area contributed by atoms with Crippen LogP contribution in [0.15, 0.2) is 24.4 Å². The standard InChI is InChI=1S/C19H26N4O/c1-14-6-7-17(11-20-14)10-18-5-4-8-22(12-18)19(24)13-23-16(3)9-15(2)21-23/h6-7,9,11,18H,4-5,8,10,12-13H2,1-3H3/t18-/m1/s1. The SMILES string of the molecule is Cc1ccc(C[C@H]2CCCN(C(=O)Cn3nc(C)cc3C)C2)cn1. The van der Waals surface area contributed by atoms with E-state index in [2.05, 4.69) is 22.2 Å². The van der Waals surface area contributed by atoms with Crippen molar-refractivity contribution in [3.63, 3.8) is 0 Å². The average molecular weight is 326 g/mol. The van der Waals surface area contributed by atoms with E-state index in [1.807, 2.05) is 42.6 Å². The quantitative estimate of drug-likeness (QED) is 0.868. The van der Waals surface area contributed by atoms with Gasteiger partial charge in [-0.05, 0) is 63.6 Å². The number of aromatic nitrogens is 3. The van der Waals surface area contributed by atoms with Gasteiger partial charge in [-0.2, -0.15) is 5.10 Å². The highest BCUT2D eigenvalue weighted by atomic mass is 16.2. The zero-order valence-electron chi connectivity index (χ0n) is 14.8. The fraction of sp³-hybridized carbons (Fsp3) is 0.526. The van der Waals surface area contributed by atoms with Crippen molar-refractivity contribution in [3.8, 4) is 0 Å². The van der Waals surface area contributed by atoms with Crippen LogP contribution < -0.4 is 0 Å². The number of amides is 1. The van der Waals surface area contributed by atoms with Crippen LogP contribution in [-0.2, 0) is 17.8 Å². The van der Waals surface area contributed by atoms with Gasteiger partial charge in [0, 0.05) is 30.7 Å². The van der Waals surface area contributed by atoms with Crippen molar-refractivity contribution in [1.29, 1.82) is 0 Å². The third-order valence-electron chi connectivity index (χ3n) is 4.76. The molecule has 24 heavy (non-hydrogen) atoms. The van der Waals surface area contributed by atoms with Crippen molar-refractivity contribution in [1.82, 2.24) is 19.7 Å². The number of pyridine rings is 1. The maximum Gasteiger partial charge on any atom is 0.244 e. The van der Waals surface area contributed by atoms with E-state index in [0.29, 0.717) is 12.5 Å². The van der Waals surface area contributed by atoms with Crippen LogP contribution in [0.25, 0.3) is 0 Å². The molecule has 2 aromatic rings. The third kappa shape index (κ3) is 4.02. The van der Waals surface area contributed by atoms with Gasteiger partial charge in [0.05, 0.1) is 5.69 Å². The minimum absolute atomic E-state index is 0.174. The van der Waals surface area contributed by atoms with Gasteiger partial charge < -0.3 is 4.90 Å². The highest BCUT2D eigenvalue weighted by Gasteiger charge is 2.24. The summed E-state index contributed by atoms with van der Waals surface area (Å²) in [6.45, 7) is 8.01. The highest BCUT2D eigenvalue weighted by Crippen LogP contribution is 2.21. The van der Waals surface area contributed by atoms with E-state index in [1.165, 1.54) is 12.0 Å². The fourth-order valence-corrected chi connectivity index (χ4v) is 3.47. The Kier molecular flexibility index (Phi) is 4.97. The number of rotatable bonds is 4. The monoisotopic (exact) mass is 326 g/mol. The number of nitrogens with zero attached hydrogens (tertiary/aromatic N) is 4. The molecule has 0 N–H and O–H groups in total. The molecule has 0 spiro atoms. The van der Waals surface area contributed by atoms with Gasteiger partial charge in [0.15, 0.2) is 0 Å². The van der Waals surface area contributed by atoms with Gasteiger partial charge in [0.25, 0.3) is 0 Å². The summed E-state index contributed by atoms with van der Waals surface area (Å²) in [6.07, 6.45) is 5.22. The van der Waals surface area contributed by atoms with Gasteiger partial charge in [-0.1, -0.05) is 6.07 Å². The number of carbonyl (C=O) groups excluding carboxylic acids is 1. The summed E-state index contributed by atoms with van der Waals surface area (Å²) in [6, 6.07) is 6.22. The summed E-state index contributed by atoms with van der Waals surface area (Å²) in [5.41, 5.74) is 4.31. The van der Waals surface area contributed by atoms with E-state index in [4.69, 9.17) is 0 Å². The maximum absolute atomic E-state index is 12.6. The lowest BCUT2D eigenvalue weighted by atomic mass is 9.92. The van der Waals surface area contributed by atoms with Crippen LogP contribution >= 0.6 is 0 Å². The minimum Gasteiger partial charge on any atom is -0.341 e. The Balaban J connectivity index is 1.59. The van der Waals surface area contributed by atoms with Crippen LogP contribution in [-0.4, -0.2) is 38.7 Å². The second-order valence-electron chi connectivity index (χ2n) is 6.94. The van der Waals surface area contributed by atoms with E-state index in [0.717, 1.165) is 43.0 Å². The van der Waals surface area contributed by atoms with Gasteiger partial charge in [-0.25, -0.2) is 0 Å². The highest BCUT2D eigenvalue weighted by molar-refractivity contribution is 5.76. The minimum atomic E-state index is 0.174. The molecule has 0 aliphatic carbocycles. The summed E-state index contributed by atoms with van der Waals surface area (Å²) < 4.78 is 1.81. The summed E-state index contributed by atoms with van der Waals surface area (Å²) in [5.74, 6) is 0.695. The van der Waals surface area contributed by atoms with Crippen LogP contribution in [0.1, 0.15) is 35.5 Å². The molecule has 1 aliphatic rings. The summed E-state index contributed by atoms with van der Waals surface area (Å²) >= 11 is 0. The Morgan fingerprint density at radius 2 is 2.08 bits per heavy atom. The zero-order valence-corrected chi connectivity index (χ0v) is 14.8. The Bertz CT molecular complexity index is 705. The molecule has 0 bridgehead atoms. The first kappa shape index (κ1) is 16.7. The second kappa shape index (κ2) is 7.16. The van der Waals surface area contributed by atoms with Crippen LogP contribution in [0.5, 0.6) is 0 Å². The molecular formula is C19H26N4O. The second-order valence-corrected chi connectivity index (χ2v) is 6.94. The van der Waals surface area contributed by atoms with E-state index in [-0.39, 0.29) is 5.91 Å². The summed E-state index contributed by atoms with van der Waals surface area (Å²) in [4.78, 5) is 19.0. The molecule has 3 rings (SSSR count). The maximum atomic E-state index is 12.6. The smallest absolute Gasteiger partial charge is 0.244 e. The van der Waals surface area contributed by atoms with E-state index in [9.17, 15) is 4.79 Å². The molecule has 5 heteroatoms. The van der Waals surface area contributed by atoms with Crippen molar-refractivity contribution in [3.05, 3.63) is 47.0 Å². The molecule has 2 aromatic heterocycles. The van der Waals surface area contributed by atoms with Crippen molar-refractivity contribution in [2.45, 2.75) is 46.6 Å². The first-order valence-electron chi connectivity index (χ1n) is 8.71. The predicted octanol–water partition coefficient (Wildman–Crippen LogP) is 2.68. The number of carbonyl (C=O) groups is 1. The summed E-state index contributed by atoms with van der Waals surface area (Å²) in [7, 11) is 0. The van der Waals surface area contributed by atoms with E-state index < -0.39 is 0 Å². The first-order valence-corrected chi connectivity index (χ1v) is 8.71. The Hall–Kier alpha value is -2.17. The van der Waals surface area contributed by atoms with Crippen LogP contribution in [0.3, 0.4) is 0 Å². The lowest BCUT2D eigenvalue weighted by Gasteiger charge is -2.33. The first-order chi connectivity index (χ1) is 11.5. The fourth-order valence-electron chi connectivity index (χ4n) is 3.47. The molecule has 1 atom stereocenters. The third-order valence-corrected chi connectivity index (χ3v) is 4.76. The molecule has 1 amide bonds. The van der Waals surface area contributed by atoms with Gasteiger partial charge in [-0.3, -0.25) is 14.5 Å². The van der Waals surface area contributed by atoms with Crippen molar-refractivity contribution >= 4 is 5.91 Å². The molecule has 1 aliphatic heterocycles. The molecule has 128 valence electrons. The molecule has 0 unspecified atom stereocenters. The van der Waals surface area contributed by atoms with Gasteiger partial charge in [0.2, 0.25) is 5.91 Å². The van der Waals surface area contributed by atoms with E-state index >= 15 is 0 Å². The number of piperidine rings is 1. The molecule has 0 radical (unpaired) electrons. The van der Waals surface area contributed by atoms with Crippen molar-refractivity contribution < 1.29 is 4.79 Å². The lowest BCUT2D eigenvalue weighted by molar-refractivity contribution is -0.133. The predicted molar refractivity (Wildman–Crippen MR) is 93.7 cm³/mol. The number of hydrogen-bond acceptors (Lipinski definition) is 3. The lowest BCUT2D eigenvalue weighted by Crippen LogP contribution is -2.42. The Labute approximate surface area is 143 Å². The van der Waals surface area contributed by atoms with Crippen molar-refractivity contribution in [2.75, 3.05) is 13.1 Å². The van der Waals surface area contributed by atoms with Gasteiger partial charge in [-0.15, -0.1) is 0 Å². The summed E-state index contributed by atoms with van der Waals surface area (Å²) in [5, 5.41) is 4.40. The zero-order chi connectivity index (χ0) is 17.1. The van der Waals surface area contributed by atoms with Crippen LogP contribution in [0.2, 0.25) is 0 Å².